The number of carboxylic acid groups (broad SMARTS) is 1. The van der Waals surface area contributed by atoms with Crippen LogP contribution >= 0.6 is 0 Å². The highest BCUT2D eigenvalue weighted by Crippen LogP contribution is 2.21. The SMILES string of the molecule is CC(C)c1ccc(-c2cn(CC(=O)O)cn2)cc1. The van der Waals surface area contributed by atoms with Crippen molar-refractivity contribution in [2.75, 3.05) is 0 Å². The van der Waals surface area contributed by atoms with Crippen molar-refractivity contribution in [1.82, 2.24) is 9.55 Å². The maximum atomic E-state index is 10.6. The Morgan fingerprint density at radius 3 is 2.56 bits per heavy atom. The molecular formula is C14H16N2O2. The molecule has 0 bridgehead atoms. The Kier molecular flexibility index (Phi) is 3.46. The monoisotopic (exact) mass is 244 g/mol. The third-order valence-electron chi connectivity index (χ3n) is 2.82. The molecule has 0 atom stereocenters. The third kappa shape index (κ3) is 2.77. The number of rotatable bonds is 4. The van der Waals surface area contributed by atoms with E-state index in [1.54, 1.807) is 17.1 Å². The van der Waals surface area contributed by atoms with Gasteiger partial charge in [0.15, 0.2) is 0 Å². The molecule has 4 heteroatoms. The molecular weight excluding hydrogens is 228 g/mol. The molecule has 1 heterocycles. The number of aromatic nitrogens is 2. The lowest BCUT2D eigenvalue weighted by Crippen LogP contribution is -2.06. The average molecular weight is 244 g/mol. The van der Waals surface area contributed by atoms with Crippen molar-refractivity contribution < 1.29 is 9.90 Å². The molecule has 0 amide bonds. The van der Waals surface area contributed by atoms with Crippen LogP contribution in [0.1, 0.15) is 25.3 Å². The summed E-state index contributed by atoms with van der Waals surface area (Å²) >= 11 is 0. The zero-order valence-corrected chi connectivity index (χ0v) is 10.5. The molecule has 94 valence electrons. The maximum absolute atomic E-state index is 10.6. The van der Waals surface area contributed by atoms with Gasteiger partial charge in [-0.1, -0.05) is 38.1 Å². The second-order valence-electron chi connectivity index (χ2n) is 4.60. The highest BCUT2D eigenvalue weighted by Gasteiger charge is 2.05. The minimum Gasteiger partial charge on any atom is -0.480 e. The minimum absolute atomic E-state index is 0.0585. The van der Waals surface area contributed by atoms with E-state index in [9.17, 15) is 4.79 Å². The van der Waals surface area contributed by atoms with Crippen molar-refractivity contribution in [1.29, 1.82) is 0 Å². The van der Waals surface area contributed by atoms with E-state index in [-0.39, 0.29) is 6.54 Å². The Balaban J connectivity index is 2.20. The first-order chi connectivity index (χ1) is 8.56. The normalized spacial score (nSPS) is 10.8. The van der Waals surface area contributed by atoms with E-state index in [4.69, 9.17) is 5.11 Å². The van der Waals surface area contributed by atoms with Crippen LogP contribution in [0.3, 0.4) is 0 Å². The van der Waals surface area contributed by atoms with E-state index < -0.39 is 5.97 Å². The number of carbonyl (C=O) groups is 1. The highest BCUT2D eigenvalue weighted by molar-refractivity contribution is 5.67. The van der Waals surface area contributed by atoms with Crippen molar-refractivity contribution in [3.8, 4) is 11.3 Å². The second kappa shape index (κ2) is 5.04. The van der Waals surface area contributed by atoms with Gasteiger partial charge in [-0.25, -0.2) is 4.98 Å². The fourth-order valence-corrected chi connectivity index (χ4v) is 1.79. The van der Waals surface area contributed by atoms with Crippen molar-refractivity contribution in [2.24, 2.45) is 0 Å². The Morgan fingerprint density at radius 1 is 1.33 bits per heavy atom. The van der Waals surface area contributed by atoms with Crippen LogP contribution in [0.4, 0.5) is 0 Å². The number of carboxylic acids is 1. The van der Waals surface area contributed by atoms with Gasteiger partial charge in [-0.2, -0.15) is 0 Å². The van der Waals surface area contributed by atoms with Crippen molar-refractivity contribution in [3.05, 3.63) is 42.4 Å². The van der Waals surface area contributed by atoms with Crippen LogP contribution in [0.5, 0.6) is 0 Å². The standard InChI is InChI=1S/C14H16N2O2/c1-10(2)11-3-5-12(6-4-11)13-7-16(9-15-13)8-14(17)18/h3-7,9-10H,8H2,1-2H3,(H,17,18). The van der Waals surface area contributed by atoms with Crippen LogP contribution in [-0.4, -0.2) is 20.6 Å². The molecule has 0 fully saturated rings. The fraction of sp³-hybridized carbons (Fsp3) is 0.286. The van der Waals surface area contributed by atoms with E-state index in [1.165, 1.54) is 5.56 Å². The van der Waals surface area contributed by atoms with Crippen molar-refractivity contribution in [2.45, 2.75) is 26.3 Å². The number of aliphatic carboxylic acids is 1. The van der Waals surface area contributed by atoms with E-state index in [2.05, 4.69) is 31.0 Å². The Labute approximate surface area is 106 Å². The van der Waals surface area contributed by atoms with Gasteiger partial charge in [-0.3, -0.25) is 4.79 Å². The second-order valence-corrected chi connectivity index (χ2v) is 4.60. The molecule has 18 heavy (non-hydrogen) atoms. The molecule has 4 nitrogen and oxygen atoms in total. The quantitative estimate of drug-likeness (QED) is 0.899. The van der Waals surface area contributed by atoms with Gasteiger partial charge in [0.1, 0.15) is 6.54 Å². The van der Waals surface area contributed by atoms with Gasteiger partial charge < -0.3 is 9.67 Å². The number of nitrogens with zero attached hydrogens (tertiary/aromatic N) is 2. The molecule has 0 saturated carbocycles. The minimum atomic E-state index is -0.867. The van der Waals surface area contributed by atoms with Gasteiger partial charge >= 0.3 is 5.97 Å². The zero-order chi connectivity index (χ0) is 13.1. The zero-order valence-electron chi connectivity index (χ0n) is 10.5. The summed E-state index contributed by atoms with van der Waals surface area (Å²) in [7, 11) is 0. The summed E-state index contributed by atoms with van der Waals surface area (Å²) in [5, 5.41) is 8.70. The summed E-state index contributed by atoms with van der Waals surface area (Å²) in [4.78, 5) is 14.8. The van der Waals surface area contributed by atoms with E-state index in [1.807, 2.05) is 12.1 Å². The summed E-state index contributed by atoms with van der Waals surface area (Å²) in [5.74, 6) is -0.363. The lowest BCUT2D eigenvalue weighted by molar-refractivity contribution is -0.137. The predicted molar refractivity (Wildman–Crippen MR) is 69.4 cm³/mol. The molecule has 0 aliphatic carbocycles. The molecule has 0 unspecified atom stereocenters. The lowest BCUT2D eigenvalue weighted by Gasteiger charge is -2.05. The van der Waals surface area contributed by atoms with Gasteiger partial charge in [0.25, 0.3) is 0 Å². The van der Waals surface area contributed by atoms with Crippen LogP contribution in [0, 0.1) is 0 Å². The largest absolute Gasteiger partial charge is 0.480 e. The first-order valence-corrected chi connectivity index (χ1v) is 5.90. The van der Waals surface area contributed by atoms with Gasteiger partial charge in [-0.05, 0) is 11.5 Å². The highest BCUT2D eigenvalue weighted by atomic mass is 16.4. The summed E-state index contributed by atoms with van der Waals surface area (Å²) in [6.07, 6.45) is 3.29. The van der Waals surface area contributed by atoms with Crippen LogP contribution < -0.4 is 0 Å². The summed E-state index contributed by atoms with van der Waals surface area (Å²) in [5.41, 5.74) is 3.08. The molecule has 1 N–H and O–H groups in total. The molecule has 1 aromatic carbocycles. The van der Waals surface area contributed by atoms with E-state index >= 15 is 0 Å². The lowest BCUT2D eigenvalue weighted by atomic mass is 10.0. The molecule has 0 aliphatic heterocycles. The fourth-order valence-electron chi connectivity index (χ4n) is 1.79. The van der Waals surface area contributed by atoms with Gasteiger partial charge in [0, 0.05) is 11.8 Å². The summed E-state index contributed by atoms with van der Waals surface area (Å²) < 4.78 is 1.56. The van der Waals surface area contributed by atoms with E-state index in [0.29, 0.717) is 5.92 Å². The topological polar surface area (TPSA) is 55.1 Å². The molecule has 0 spiro atoms. The number of hydrogen-bond acceptors (Lipinski definition) is 2. The maximum Gasteiger partial charge on any atom is 0.323 e. The Morgan fingerprint density at radius 2 is 2.00 bits per heavy atom. The molecule has 1 aromatic heterocycles. The first-order valence-electron chi connectivity index (χ1n) is 5.90. The van der Waals surface area contributed by atoms with Gasteiger partial charge in [0.2, 0.25) is 0 Å². The van der Waals surface area contributed by atoms with Crippen LogP contribution in [0.15, 0.2) is 36.8 Å². The number of imidazole rings is 1. The molecule has 0 saturated heterocycles. The number of benzene rings is 1. The van der Waals surface area contributed by atoms with Crippen LogP contribution in [-0.2, 0) is 11.3 Å². The molecule has 0 radical (unpaired) electrons. The van der Waals surface area contributed by atoms with E-state index in [0.717, 1.165) is 11.3 Å². The third-order valence-corrected chi connectivity index (χ3v) is 2.82. The van der Waals surface area contributed by atoms with Gasteiger partial charge in [-0.15, -0.1) is 0 Å². The smallest absolute Gasteiger partial charge is 0.323 e. The summed E-state index contributed by atoms with van der Waals surface area (Å²) in [6, 6.07) is 8.19. The molecule has 2 rings (SSSR count). The average Bonchev–Trinajstić information content (AvgIpc) is 2.76. The molecule has 0 aliphatic rings. The summed E-state index contributed by atoms with van der Waals surface area (Å²) in [6.45, 7) is 4.24. The predicted octanol–water partition coefficient (Wildman–Crippen LogP) is 2.76. The van der Waals surface area contributed by atoms with Crippen LogP contribution in [0.25, 0.3) is 11.3 Å². The Bertz CT molecular complexity index is 541. The Hall–Kier alpha value is -2.10. The van der Waals surface area contributed by atoms with Gasteiger partial charge in [0.05, 0.1) is 12.0 Å². The first kappa shape index (κ1) is 12.4. The molecule has 2 aromatic rings. The van der Waals surface area contributed by atoms with Crippen molar-refractivity contribution >= 4 is 5.97 Å². The van der Waals surface area contributed by atoms with Crippen LogP contribution in [0.2, 0.25) is 0 Å². The van der Waals surface area contributed by atoms with Crippen molar-refractivity contribution in [3.63, 3.8) is 0 Å². The number of hydrogen-bond donors (Lipinski definition) is 1.